The van der Waals surface area contributed by atoms with E-state index in [0.29, 0.717) is 17.7 Å². The third kappa shape index (κ3) is 4.26. The summed E-state index contributed by atoms with van der Waals surface area (Å²) in [6.45, 7) is 7.50. The number of aryl methyl sites for hydroxylation is 1. The second kappa shape index (κ2) is 6.58. The molecule has 0 fully saturated rings. The van der Waals surface area contributed by atoms with Gasteiger partial charge in [0.15, 0.2) is 0 Å². The first-order valence-electron chi connectivity index (χ1n) is 5.40. The maximum Gasteiger partial charge on any atom is 0.218 e. The molecule has 0 saturated heterocycles. The van der Waals surface area contributed by atoms with Crippen LogP contribution in [0.3, 0.4) is 0 Å². The Kier molecular flexibility index (Phi) is 5.38. The van der Waals surface area contributed by atoms with Gasteiger partial charge in [0.25, 0.3) is 0 Å². The van der Waals surface area contributed by atoms with Crippen molar-refractivity contribution in [3.63, 3.8) is 0 Å². The zero-order valence-electron chi connectivity index (χ0n) is 10.3. The van der Waals surface area contributed by atoms with Crippen LogP contribution in [0.25, 0.3) is 0 Å². The molecule has 0 aliphatic carbocycles. The number of hydrogen-bond donors (Lipinski definition) is 1. The van der Waals surface area contributed by atoms with Crippen LogP contribution in [0.1, 0.15) is 19.7 Å². The van der Waals surface area contributed by atoms with Gasteiger partial charge in [-0.05, 0) is 20.1 Å². The van der Waals surface area contributed by atoms with Crippen molar-refractivity contribution in [1.29, 1.82) is 0 Å². The normalized spacial score (nSPS) is 12.2. The highest BCUT2D eigenvalue weighted by atomic mass is 32.2. The average Bonchev–Trinajstić information content (AvgIpc) is 2.25. The molecule has 0 saturated carbocycles. The molecule has 0 amide bonds. The highest BCUT2D eigenvalue weighted by Gasteiger charge is 2.04. The topological polar surface area (TPSA) is 47.0 Å². The Balaban J connectivity index is 2.64. The lowest BCUT2D eigenvalue weighted by molar-refractivity contribution is 0.325. The number of thioether (sulfide) groups is 1. The van der Waals surface area contributed by atoms with Gasteiger partial charge >= 0.3 is 0 Å². The monoisotopic (exact) mass is 241 g/mol. The van der Waals surface area contributed by atoms with Crippen LogP contribution in [-0.4, -0.2) is 34.6 Å². The summed E-state index contributed by atoms with van der Waals surface area (Å²) >= 11 is 1.83. The van der Waals surface area contributed by atoms with E-state index in [1.807, 2.05) is 31.7 Å². The lowest BCUT2D eigenvalue weighted by Gasteiger charge is -2.11. The molecule has 1 rings (SSSR count). The van der Waals surface area contributed by atoms with E-state index in [9.17, 15) is 0 Å². The van der Waals surface area contributed by atoms with Crippen molar-refractivity contribution >= 4 is 17.6 Å². The van der Waals surface area contributed by atoms with Gasteiger partial charge in [-0.3, -0.25) is 0 Å². The minimum Gasteiger partial charge on any atom is -0.478 e. The van der Waals surface area contributed by atoms with Gasteiger partial charge in [0.05, 0.1) is 6.61 Å². The van der Waals surface area contributed by atoms with Crippen LogP contribution in [0.4, 0.5) is 5.82 Å². The Morgan fingerprint density at radius 1 is 1.50 bits per heavy atom. The number of rotatable bonds is 6. The van der Waals surface area contributed by atoms with Crippen molar-refractivity contribution in [3.05, 3.63) is 11.9 Å². The van der Waals surface area contributed by atoms with Gasteiger partial charge in [-0.15, -0.1) is 0 Å². The summed E-state index contributed by atoms with van der Waals surface area (Å²) in [5.41, 5.74) is 0. The molecule has 0 spiro atoms. The molecular weight excluding hydrogens is 222 g/mol. The molecule has 0 radical (unpaired) electrons. The largest absolute Gasteiger partial charge is 0.478 e. The standard InChI is InChI=1S/C11H19N3OS/c1-5-15-11-6-10(13-9(3)14-11)12-7-8(2)16-4/h6,8H,5,7H2,1-4H3,(H,12,13,14). The van der Waals surface area contributed by atoms with Gasteiger partial charge in [-0.2, -0.15) is 16.7 Å². The molecule has 0 bridgehead atoms. The fourth-order valence-corrected chi connectivity index (χ4v) is 1.43. The van der Waals surface area contributed by atoms with Gasteiger partial charge in [0.2, 0.25) is 5.88 Å². The fraction of sp³-hybridized carbons (Fsp3) is 0.636. The zero-order valence-corrected chi connectivity index (χ0v) is 11.1. The van der Waals surface area contributed by atoms with Gasteiger partial charge < -0.3 is 10.1 Å². The van der Waals surface area contributed by atoms with Gasteiger partial charge in [0.1, 0.15) is 11.6 Å². The van der Waals surface area contributed by atoms with Crippen LogP contribution in [0.15, 0.2) is 6.07 Å². The van der Waals surface area contributed by atoms with Crippen LogP contribution in [0, 0.1) is 6.92 Å². The predicted octanol–water partition coefficient (Wildman–Crippen LogP) is 2.35. The predicted molar refractivity (Wildman–Crippen MR) is 69.4 cm³/mol. The molecular formula is C11H19N3OS. The van der Waals surface area contributed by atoms with E-state index in [4.69, 9.17) is 4.74 Å². The van der Waals surface area contributed by atoms with Crippen LogP contribution in [0.2, 0.25) is 0 Å². The Hall–Kier alpha value is -0.970. The lowest BCUT2D eigenvalue weighted by Crippen LogP contribution is -2.14. The second-order valence-electron chi connectivity index (χ2n) is 3.50. The highest BCUT2D eigenvalue weighted by Crippen LogP contribution is 2.14. The maximum atomic E-state index is 5.36. The Morgan fingerprint density at radius 3 is 2.88 bits per heavy atom. The molecule has 1 N–H and O–H groups in total. The van der Waals surface area contributed by atoms with E-state index in [1.165, 1.54) is 0 Å². The summed E-state index contributed by atoms with van der Waals surface area (Å²) < 4.78 is 5.36. The summed E-state index contributed by atoms with van der Waals surface area (Å²) in [7, 11) is 0. The molecule has 1 atom stereocenters. The maximum absolute atomic E-state index is 5.36. The highest BCUT2D eigenvalue weighted by molar-refractivity contribution is 7.99. The number of nitrogens with zero attached hydrogens (tertiary/aromatic N) is 2. The summed E-state index contributed by atoms with van der Waals surface area (Å²) in [6.07, 6.45) is 2.10. The van der Waals surface area contributed by atoms with Crippen molar-refractivity contribution in [3.8, 4) is 5.88 Å². The molecule has 5 heteroatoms. The lowest BCUT2D eigenvalue weighted by atomic mass is 10.4. The molecule has 0 aromatic carbocycles. The minimum atomic E-state index is 0.561. The summed E-state index contributed by atoms with van der Waals surface area (Å²) in [5.74, 6) is 2.19. The van der Waals surface area contributed by atoms with Crippen molar-refractivity contribution in [1.82, 2.24) is 9.97 Å². The van der Waals surface area contributed by atoms with Crippen LogP contribution in [-0.2, 0) is 0 Å². The van der Waals surface area contributed by atoms with E-state index in [-0.39, 0.29) is 0 Å². The van der Waals surface area contributed by atoms with E-state index in [1.54, 1.807) is 0 Å². The number of aromatic nitrogens is 2. The SMILES string of the molecule is CCOc1cc(NCC(C)SC)nc(C)n1. The second-order valence-corrected chi connectivity index (χ2v) is 4.78. The molecule has 90 valence electrons. The third-order valence-electron chi connectivity index (χ3n) is 2.08. The number of ether oxygens (including phenoxy) is 1. The summed E-state index contributed by atoms with van der Waals surface area (Å²) in [4.78, 5) is 8.50. The summed E-state index contributed by atoms with van der Waals surface area (Å²) in [5, 5.41) is 3.84. The number of anilines is 1. The van der Waals surface area contributed by atoms with E-state index in [0.717, 1.165) is 18.2 Å². The third-order valence-corrected chi connectivity index (χ3v) is 3.05. The molecule has 1 aromatic rings. The van der Waals surface area contributed by atoms with E-state index in [2.05, 4.69) is 28.5 Å². The van der Waals surface area contributed by atoms with Crippen LogP contribution >= 0.6 is 11.8 Å². The zero-order chi connectivity index (χ0) is 12.0. The van der Waals surface area contributed by atoms with E-state index >= 15 is 0 Å². The molecule has 1 heterocycles. The Bertz CT molecular complexity index is 333. The first kappa shape index (κ1) is 13.1. The van der Waals surface area contributed by atoms with Gasteiger partial charge in [-0.25, -0.2) is 4.98 Å². The molecule has 4 nitrogen and oxygen atoms in total. The van der Waals surface area contributed by atoms with Crippen LogP contribution in [0.5, 0.6) is 5.88 Å². The van der Waals surface area contributed by atoms with E-state index < -0.39 is 0 Å². The first-order chi connectivity index (χ1) is 7.65. The Labute approximate surface area is 101 Å². The first-order valence-corrected chi connectivity index (χ1v) is 6.69. The van der Waals surface area contributed by atoms with Gasteiger partial charge in [-0.1, -0.05) is 6.92 Å². The summed E-state index contributed by atoms with van der Waals surface area (Å²) in [6, 6.07) is 1.84. The average molecular weight is 241 g/mol. The number of hydrogen-bond acceptors (Lipinski definition) is 5. The van der Waals surface area contributed by atoms with Gasteiger partial charge in [0, 0.05) is 17.9 Å². The molecule has 16 heavy (non-hydrogen) atoms. The van der Waals surface area contributed by atoms with Crippen LogP contribution < -0.4 is 10.1 Å². The molecule has 0 aliphatic rings. The molecule has 0 aliphatic heterocycles. The minimum absolute atomic E-state index is 0.561. The molecule has 1 unspecified atom stereocenters. The quantitative estimate of drug-likeness (QED) is 0.828. The molecule has 1 aromatic heterocycles. The smallest absolute Gasteiger partial charge is 0.218 e. The van der Waals surface area contributed by atoms with Crippen molar-refractivity contribution < 1.29 is 4.74 Å². The Morgan fingerprint density at radius 2 is 2.25 bits per heavy atom. The van der Waals surface area contributed by atoms with Crippen molar-refractivity contribution in [2.45, 2.75) is 26.0 Å². The van der Waals surface area contributed by atoms with Crippen molar-refractivity contribution in [2.75, 3.05) is 24.7 Å². The van der Waals surface area contributed by atoms with Crippen molar-refractivity contribution in [2.24, 2.45) is 0 Å². The number of nitrogens with one attached hydrogen (secondary N) is 1. The fourth-order valence-electron chi connectivity index (χ4n) is 1.18.